The van der Waals surface area contributed by atoms with E-state index in [0.29, 0.717) is 29.5 Å². The lowest BCUT2D eigenvalue weighted by atomic mass is 9.68. The van der Waals surface area contributed by atoms with Crippen LogP contribution in [-0.2, 0) is 25.7 Å². The lowest BCUT2D eigenvalue weighted by Crippen LogP contribution is -2.40. The van der Waals surface area contributed by atoms with Crippen LogP contribution in [0, 0.1) is 16.7 Å². The Morgan fingerprint density at radius 1 is 1.06 bits per heavy atom. The summed E-state index contributed by atoms with van der Waals surface area (Å²) >= 11 is 0. The molecule has 0 spiro atoms. The molecule has 0 aromatic heterocycles. The average Bonchev–Trinajstić information content (AvgIpc) is 2.92. The van der Waals surface area contributed by atoms with Crippen LogP contribution in [0.3, 0.4) is 0 Å². The first-order valence-corrected chi connectivity index (χ1v) is 12.4. The van der Waals surface area contributed by atoms with Crippen LogP contribution in [-0.4, -0.2) is 23.9 Å². The molecule has 5 nitrogen and oxygen atoms in total. The summed E-state index contributed by atoms with van der Waals surface area (Å²) in [6, 6.07) is 3.54. The number of hydrogen-bond acceptors (Lipinski definition) is 4. The molecule has 0 heterocycles. The highest BCUT2D eigenvalue weighted by Crippen LogP contribution is 2.67. The van der Waals surface area contributed by atoms with E-state index in [1.54, 1.807) is 12.1 Å². The molecule has 0 amide bonds. The van der Waals surface area contributed by atoms with E-state index in [0.717, 1.165) is 6.42 Å². The molecule has 172 valence electrons. The van der Waals surface area contributed by atoms with Crippen LogP contribution in [0.5, 0.6) is 5.75 Å². The SMILES string of the molecule is CC(C)(C)c1cc(C=C(C23CCC(CC2=O)C3(C)C)S(=O)(=O)O)cc(C(C)(C)C)c1O. The van der Waals surface area contributed by atoms with Gasteiger partial charge in [-0.1, -0.05) is 55.4 Å². The second-order valence-corrected chi connectivity index (χ2v) is 13.3. The fraction of sp³-hybridized carbons (Fsp3) is 0.640. The highest BCUT2D eigenvalue weighted by atomic mass is 32.2. The first-order chi connectivity index (χ1) is 13.8. The Hall–Kier alpha value is -1.66. The Morgan fingerprint density at radius 2 is 1.55 bits per heavy atom. The van der Waals surface area contributed by atoms with Crippen LogP contribution in [0.2, 0.25) is 0 Å². The molecule has 1 aromatic rings. The third kappa shape index (κ3) is 3.66. The van der Waals surface area contributed by atoms with Crippen molar-refractivity contribution in [2.24, 2.45) is 16.7 Å². The van der Waals surface area contributed by atoms with Gasteiger partial charge in [-0.15, -0.1) is 0 Å². The van der Waals surface area contributed by atoms with Crippen LogP contribution in [0.4, 0.5) is 0 Å². The fourth-order valence-electron chi connectivity index (χ4n) is 5.71. The van der Waals surface area contributed by atoms with Gasteiger partial charge in [-0.25, -0.2) is 0 Å². The van der Waals surface area contributed by atoms with Crippen molar-refractivity contribution in [3.05, 3.63) is 33.7 Å². The van der Waals surface area contributed by atoms with Crippen molar-refractivity contribution in [1.29, 1.82) is 0 Å². The van der Waals surface area contributed by atoms with E-state index < -0.39 is 20.9 Å². The fourth-order valence-corrected chi connectivity index (χ4v) is 6.91. The number of allylic oxidation sites excluding steroid dienone is 1. The van der Waals surface area contributed by atoms with Crippen molar-refractivity contribution >= 4 is 22.0 Å². The molecule has 2 unspecified atom stereocenters. The normalized spacial score (nSPS) is 26.5. The minimum atomic E-state index is -4.62. The van der Waals surface area contributed by atoms with Gasteiger partial charge in [0.15, 0.2) is 0 Å². The molecule has 1 aromatic carbocycles. The summed E-state index contributed by atoms with van der Waals surface area (Å²) in [7, 11) is -4.62. The van der Waals surface area contributed by atoms with Crippen LogP contribution in [0.25, 0.3) is 6.08 Å². The van der Waals surface area contributed by atoms with E-state index in [1.165, 1.54) is 6.08 Å². The van der Waals surface area contributed by atoms with Gasteiger partial charge < -0.3 is 5.11 Å². The van der Waals surface area contributed by atoms with Gasteiger partial charge in [-0.05, 0) is 58.8 Å². The highest BCUT2D eigenvalue weighted by Gasteiger charge is 2.67. The second kappa shape index (κ2) is 6.92. The van der Waals surface area contributed by atoms with Crippen LogP contribution < -0.4 is 0 Å². The molecule has 2 N–H and O–H groups in total. The molecule has 0 aliphatic heterocycles. The molecular formula is C25H36O5S. The van der Waals surface area contributed by atoms with E-state index in [9.17, 15) is 22.9 Å². The first kappa shape index (κ1) is 24.0. The van der Waals surface area contributed by atoms with Crippen molar-refractivity contribution in [1.82, 2.24) is 0 Å². The van der Waals surface area contributed by atoms with Gasteiger partial charge in [-0.3, -0.25) is 9.35 Å². The lowest BCUT2D eigenvalue weighted by Gasteiger charge is -2.37. The molecule has 0 radical (unpaired) electrons. The average molecular weight is 449 g/mol. The summed E-state index contributed by atoms with van der Waals surface area (Å²) in [5, 5.41) is 11.0. The first-order valence-electron chi connectivity index (χ1n) is 10.9. The summed E-state index contributed by atoms with van der Waals surface area (Å²) < 4.78 is 35.6. The minimum Gasteiger partial charge on any atom is -0.507 e. The smallest absolute Gasteiger partial charge is 0.291 e. The number of phenols is 1. The van der Waals surface area contributed by atoms with Crippen molar-refractivity contribution in [2.45, 2.75) is 85.5 Å². The van der Waals surface area contributed by atoms with Crippen molar-refractivity contribution < 1.29 is 22.9 Å². The Kier molecular flexibility index (Phi) is 5.35. The maximum Gasteiger partial charge on any atom is 0.291 e. The predicted molar refractivity (Wildman–Crippen MR) is 124 cm³/mol. The third-order valence-corrected chi connectivity index (χ3v) is 8.66. The number of aromatic hydroxyl groups is 1. The van der Waals surface area contributed by atoms with E-state index >= 15 is 0 Å². The molecule has 2 aliphatic rings. The summed E-state index contributed by atoms with van der Waals surface area (Å²) in [5.41, 5.74) is -0.584. The summed E-state index contributed by atoms with van der Waals surface area (Å²) in [5.74, 6) is 0.200. The zero-order valence-corrected chi connectivity index (χ0v) is 20.8. The summed E-state index contributed by atoms with van der Waals surface area (Å²) in [6.07, 6.45) is 3.00. The Labute approximate surface area is 186 Å². The van der Waals surface area contributed by atoms with Gasteiger partial charge >= 0.3 is 0 Å². The number of benzene rings is 1. The van der Waals surface area contributed by atoms with Gasteiger partial charge in [0.25, 0.3) is 10.1 Å². The number of hydrogen-bond donors (Lipinski definition) is 2. The molecule has 2 fully saturated rings. The van der Waals surface area contributed by atoms with Crippen LogP contribution in [0.1, 0.15) is 91.3 Å². The van der Waals surface area contributed by atoms with Crippen molar-refractivity contribution in [3.8, 4) is 5.75 Å². The van der Waals surface area contributed by atoms with Gasteiger partial charge in [0.2, 0.25) is 0 Å². The lowest BCUT2D eigenvalue weighted by molar-refractivity contribution is -0.126. The quantitative estimate of drug-likeness (QED) is 0.586. The maximum atomic E-state index is 13.1. The number of carbonyl (C=O) groups is 1. The maximum absolute atomic E-state index is 13.1. The second-order valence-electron chi connectivity index (χ2n) is 11.9. The van der Waals surface area contributed by atoms with E-state index in [-0.39, 0.29) is 33.2 Å². The molecule has 2 aliphatic carbocycles. The van der Waals surface area contributed by atoms with Gasteiger partial charge in [0, 0.05) is 17.5 Å². The monoisotopic (exact) mass is 448 g/mol. The molecule has 31 heavy (non-hydrogen) atoms. The van der Waals surface area contributed by atoms with E-state index in [4.69, 9.17) is 0 Å². The minimum absolute atomic E-state index is 0.108. The van der Waals surface area contributed by atoms with Gasteiger partial charge in [0.1, 0.15) is 11.5 Å². The summed E-state index contributed by atoms with van der Waals surface area (Å²) in [4.78, 5) is 12.9. The van der Waals surface area contributed by atoms with Gasteiger partial charge in [0.05, 0.1) is 10.3 Å². The molecule has 3 rings (SSSR count). The number of carbonyl (C=O) groups excluding carboxylic acids is 1. The number of Topliss-reactive ketones (excluding diaryl/α,β-unsaturated/α-hetero) is 1. The Morgan fingerprint density at radius 3 is 1.87 bits per heavy atom. The Balaban J connectivity index is 2.35. The van der Waals surface area contributed by atoms with Crippen LogP contribution in [0.15, 0.2) is 17.0 Å². The largest absolute Gasteiger partial charge is 0.507 e. The predicted octanol–water partition coefficient (Wildman–Crippen LogP) is 5.61. The number of ketones is 1. The molecule has 2 saturated carbocycles. The highest BCUT2D eigenvalue weighted by molar-refractivity contribution is 7.90. The molecule has 2 bridgehead atoms. The van der Waals surface area contributed by atoms with Crippen molar-refractivity contribution in [3.63, 3.8) is 0 Å². The summed E-state index contributed by atoms with van der Waals surface area (Å²) in [6.45, 7) is 15.8. The van der Waals surface area contributed by atoms with E-state index in [1.807, 2.05) is 55.4 Å². The number of rotatable bonds is 3. The standard InChI is InChI=1S/C25H36O5S/c1-22(2,3)17-11-15(12-18(21(17)27)23(4,5)6)13-20(31(28,29)30)25-10-9-16(14-19(25)26)24(25,7)8/h11-13,16,27H,9-10,14H2,1-8H3,(H,28,29,30). The molecule has 2 atom stereocenters. The topological polar surface area (TPSA) is 91.7 Å². The Bertz CT molecular complexity index is 1030. The number of phenolic OH excluding ortho intramolecular Hbond substituents is 1. The molecule has 0 saturated heterocycles. The third-order valence-electron chi connectivity index (χ3n) is 7.64. The molecular weight excluding hydrogens is 412 g/mol. The number of fused-ring (bicyclic) bond motifs is 2. The van der Waals surface area contributed by atoms with Crippen molar-refractivity contribution in [2.75, 3.05) is 0 Å². The zero-order valence-electron chi connectivity index (χ0n) is 20.0. The van der Waals surface area contributed by atoms with E-state index in [2.05, 4.69) is 0 Å². The zero-order chi connectivity index (χ0) is 23.8. The molecule has 6 heteroatoms. The van der Waals surface area contributed by atoms with Gasteiger partial charge in [-0.2, -0.15) is 8.42 Å². The van der Waals surface area contributed by atoms with Crippen LogP contribution >= 0.6 is 0 Å².